The van der Waals surface area contributed by atoms with E-state index in [4.69, 9.17) is 10.4 Å². The van der Waals surface area contributed by atoms with E-state index in [1.807, 2.05) is 66.9 Å². The van der Waals surface area contributed by atoms with Gasteiger partial charge in [-0.05, 0) is 78.6 Å². The molecule has 7 aromatic rings. The molecule has 0 spiro atoms. The summed E-state index contributed by atoms with van der Waals surface area (Å²) in [5, 5.41) is 11.4. The van der Waals surface area contributed by atoms with Crippen molar-refractivity contribution < 1.29 is 0 Å². The van der Waals surface area contributed by atoms with Crippen molar-refractivity contribution in [3.05, 3.63) is 236 Å². The second-order valence-electron chi connectivity index (χ2n) is 12.9. The maximum Gasteiger partial charge on any atom is 0.151 e. The highest BCUT2D eigenvalue weighted by atomic mass is 14.8. The Hall–Kier alpha value is -7.23. The third-order valence-electron chi connectivity index (χ3n) is 9.37. The van der Waals surface area contributed by atoms with E-state index in [1.54, 1.807) is 12.3 Å². The highest BCUT2D eigenvalue weighted by molar-refractivity contribution is 6.18. The minimum atomic E-state index is 0.0547. The molecule has 1 heterocycles. The van der Waals surface area contributed by atoms with Crippen LogP contribution in [0.2, 0.25) is 0 Å². The molecule has 0 fully saturated rings. The summed E-state index contributed by atoms with van der Waals surface area (Å²) < 4.78 is 0. The molecule has 1 aromatic heterocycles. The summed E-state index contributed by atoms with van der Waals surface area (Å²) in [5.74, 6) is 0.0547. The fourth-order valence-corrected chi connectivity index (χ4v) is 6.35. The van der Waals surface area contributed by atoms with Crippen LogP contribution in [0.1, 0.15) is 16.7 Å². The van der Waals surface area contributed by atoms with Gasteiger partial charge in [0.2, 0.25) is 0 Å². The third kappa shape index (κ3) is 8.12. The summed E-state index contributed by atoms with van der Waals surface area (Å²) in [4.78, 5) is 9.06. The van der Waals surface area contributed by atoms with Gasteiger partial charge >= 0.3 is 0 Å². The third-order valence-corrected chi connectivity index (χ3v) is 9.37. The van der Waals surface area contributed by atoms with Gasteiger partial charge in [0.1, 0.15) is 0 Å². The number of amidine groups is 1. The number of allylic oxidation sites excluding steroid dienone is 4. The molecule has 54 heavy (non-hydrogen) atoms. The number of hydrogen-bond donors (Lipinski definition) is 1. The van der Waals surface area contributed by atoms with E-state index in [-0.39, 0.29) is 5.84 Å². The van der Waals surface area contributed by atoms with Crippen LogP contribution in [0.3, 0.4) is 0 Å². The second-order valence-corrected chi connectivity index (χ2v) is 12.9. The minimum Gasteiger partial charge on any atom is -0.282 e. The lowest BCUT2D eigenvalue weighted by Gasteiger charge is -2.13. The van der Waals surface area contributed by atoms with Gasteiger partial charge in [-0.25, -0.2) is 4.99 Å². The van der Waals surface area contributed by atoms with E-state index >= 15 is 0 Å². The van der Waals surface area contributed by atoms with Gasteiger partial charge in [0.05, 0.1) is 5.71 Å². The highest BCUT2D eigenvalue weighted by Gasteiger charge is 2.11. The first-order chi connectivity index (χ1) is 26.4. The number of pyridine rings is 1. The monoisotopic (exact) mass is 693 g/mol. The van der Waals surface area contributed by atoms with Crippen LogP contribution in [0.25, 0.3) is 55.8 Å². The lowest BCUT2D eigenvalue weighted by molar-refractivity contribution is 1.33. The summed E-state index contributed by atoms with van der Waals surface area (Å²) >= 11 is 0. The van der Waals surface area contributed by atoms with Crippen molar-refractivity contribution in [1.29, 1.82) is 5.41 Å². The van der Waals surface area contributed by atoms with Crippen LogP contribution in [0.5, 0.6) is 0 Å². The number of rotatable bonds is 11. The molecule has 0 amide bonds. The van der Waals surface area contributed by atoms with Gasteiger partial charge in [0.25, 0.3) is 0 Å². The number of nitrogens with zero attached hydrogens (tertiary/aromatic N) is 2. The molecule has 0 saturated carbocycles. The molecular weight excluding hydrogens is 655 g/mol. The maximum atomic E-state index is 8.98. The summed E-state index contributed by atoms with van der Waals surface area (Å²) in [6.45, 7) is 12.9. The summed E-state index contributed by atoms with van der Waals surface area (Å²) in [6, 6.07) is 53.9. The number of nitrogens with one attached hydrogen (secondary N) is 1. The molecule has 0 aliphatic heterocycles. The van der Waals surface area contributed by atoms with E-state index < -0.39 is 0 Å². The standard InChI is InChI=1S/C51H39N3/c1-36(38(3)46-18-9-10-19-47(46)41-13-5-4-6-14-41)22-23-37(2)51(52)54-50(33-26-39-24-27-40(28-25-39)45-17-12-34-53-35-45)44-31-29-43(30-32-44)49-21-11-16-42-15-7-8-20-48(42)49/h4-35,52H,1-3H2/b23-22-,33-26+,52-51?,54-50+. The molecule has 0 saturated heterocycles. The molecule has 1 N–H and O–H groups in total. The van der Waals surface area contributed by atoms with Crippen molar-refractivity contribution in [2.75, 3.05) is 0 Å². The van der Waals surface area contributed by atoms with Crippen LogP contribution in [-0.2, 0) is 0 Å². The van der Waals surface area contributed by atoms with Gasteiger partial charge in [-0.1, -0.05) is 190 Å². The molecule has 0 aliphatic rings. The molecule has 3 heteroatoms. The molecule has 258 valence electrons. The quantitative estimate of drug-likeness (QED) is 0.0818. The Balaban J connectivity index is 1.15. The van der Waals surface area contributed by atoms with Crippen molar-refractivity contribution >= 4 is 34.0 Å². The van der Waals surface area contributed by atoms with Crippen LogP contribution in [0.4, 0.5) is 0 Å². The zero-order chi connectivity index (χ0) is 37.3. The largest absolute Gasteiger partial charge is 0.282 e. The first-order valence-electron chi connectivity index (χ1n) is 17.8. The minimum absolute atomic E-state index is 0.0547. The van der Waals surface area contributed by atoms with Crippen LogP contribution >= 0.6 is 0 Å². The molecule has 0 bridgehead atoms. The van der Waals surface area contributed by atoms with Crippen LogP contribution in [0, 0.1) is 5.41 Å². The summed E-state index contributed by atoms with van der Waals surface area (Å²) in [6.07, 6.45) is 11.3. The van der Waals surface area contributed by atoms with Crippen LogP contribution in [0.15, 0.2) is 224 Å². The average Bonchev–Trinajstić information content (AvgIpc) is 3.24. The van der Waals surface area contributed by atoms with Gasteiger partial charge in [0, 0.05) is 23.5 Å². The Morgan fingerprint density at radius 3 is 1.94 bits per heavy atom. The first kappa shape index (κ1) is 35.2. The maximum absolute atomic E-state index is 8.98. The Kier molecular flexibility index (Phi) is 10.7. The molecule has 0 radical (unpaired) electrons. The van der Waals surface area contributed by atoms with Gasteiger partial charge in [-0.3, -0.25) is 10.4 Å². The van der Waals surface area contributed by atoms with E-state index in [9.17, 15) is 0 Å². The van der Waals surface area contributed by atoms with E-state index in [2.05, 4.69) is 140 Å². The molecule has 6 aromatic carbocycles. The Bertz CT molecular complexity index is 2570. The Morgan fingerprint density at radius 2 is 1.17 bits per heavy atom. The van der Waals surface area contributed by atoms with E-state index in [0.29, 0.717) is 11.3 Å². The molecule has 0 atom stereocenters. The lowest BCUT2D eigenvalue weighted by atomic mass is 9.92. The zero-order valence-corrected chi connectivity index (χ0v) is 30.0. The van der Waals surface area contributed by atoms with Gasteiger partial charge in [0.15, 0.2) is 5.84 Å². The number of fused-ring (bicyclic) bond motifs is 1. The van der Waals surface area contributed by atoms with Crippen molar-refractivity contribution in [3.8, 4) is 33.4 Å². The predicted molar refractivity (Wildman–Crippen MR) is 231 cm³/mol. The molecule has 0 aliphatic carbocycles. The average molecular weight is 694 g/mol. The highest BCUT2D eigenvalue weighted by Crippen LogP contribution is 2.32. The second kappa shape index (κ2) is 16.4. The molecule has 3 nitrogen and oxygen atoms in total. The van der Waals surface area contributed by atoms with Crippen molar-refractivity contribution in [3.63, 3.8) is 0 Å². The van der Waals surface area contributed by atoms with E-state index in [1.165, 1.54) is 16.3 Å². The van der Waals surface area contributed by atoms with Crippen LogP contribution < -0.4 is 0 Å². The first-order valence-corrected chi connectivity index (χ1v) is 17.8. The number of aromatic nitrogens is 1. The molecule has 0 unspecified atom stereocenters. The zero-order valence-electron chi connectivity index (χ0n) is 30.0. The van der Waals surface area contributed by atoms with Crippen molar-refractivity contribution in [2.45, 2.75) is 0 Å². The molecular formula is C51H39N3. The van der Waals surface area contributed by atoms with E-state index in [0.717, 1.165) is 55.7 Å². The fraction of sp³-hybridized carbons (Fsp3) is 0. The van der Waals surface area contributed by atoms with Crippen LogP contribution in [-0.4, -0.2) is 16.5 Å². The lowest BCUT2D eigenvalue weighted by Crippen LogP contribution is -2.03. The topological polar surface area (TPSA) is 49.1 Å². The van der Waals surface area contributed by atoms with Crippen molar-refractivity contribution in [1.82, 2.24) is 4.98 Å². The molecule has 7 rings (SSSR count). The number of hydrogen-bond acceptors (Lipinski definition) is 2. The summed E-state index contributed by atoms with van der Waals surface area (Å²) in [5.41, 5.74) is 12.2. The Morgan fingerprint density at radius 1 is 0.537 bits per heavy atom. The number of benzene rings is 6. The smallest absolute Gasteiger partial charge is 0.151 e. The fourth-order valence-electron chi connectivity index (χ4n) is 6.35. The SMILES string of the molecule is C=C(/C=C\C(=C)C(=N)/N=C(\C=C\c1ccc(-c2cccnc2)cc1)c1ccc(-c2cccc3ccccc23)cc1)C(=C)c1ccccc1-c1ccccc1. The van der Waals surface area contributed by atoms with Gasteiger partial charge in [-0.15, -0.1) is 0 Å². The van der Waals surface area contributed by atoms with Crippen molar-refractivity contribution in [2.24, 2.45) is 4.99 Å². The van der Waals surface area contributed by atoms with Gasteiger partial charge < -0.3 is 0 Å². The Labute approximate surface area is 317 Å². The predicted octanol–water partition coefficient (Wildman–Crippen LogP) is 13.1. The van der Waals surface area contributed by atoms with Gasteiger partial charge in [-0.2, -0.15) is 0 Å². The number of aliphatic imine (C=N–C) groups is 1. The summed E-state index contributed by atoms with van der Waals surface area (Å²) in [7, 11) is 0. The normalized spacial score (nSPS) is 11.6.